The van der Waals surface area contributed by atoms with Crippen LogP contribution in [0.15, 0.2) is 54.6 Å². The SMILES string of the molecule is O=C(CCCn1nnc(-c2ccccc2)n1)Nc1ccc(CCN2CCOCC2)cc1. The van der Waals surface area contributed by atoms with Gasteiger partial charge in [-0.15, -0.1) is 10.2 Å². The van der Waals surface area contributed by atoms with Crippen LogP contribution in [-0.4, -0.2) is 63.9 Å². The lowest BCUT2D eigenvalue weighted by Gasteiger charge is -2.26. The molecule has 1 aliphatic heterocycles. The first kappa shape index (κ1) is 21.1. The number of anilines is 1. The van der Waals surface area contributed by atoms with E-state index < -0.39 is 0 Å². The van der Waals surface area contributed by atoms with Crippen LogP contribution in [0.2, 0.25) is 0 Å². The number of aryl methyl sites for hydroxylation is 1. The minimum Gasteiger partial charge on any atom is -0.379 e. The maximum absolute atomic E-state index is 12.3. The van der Waals surface area contributed by atoms with Gasteiger partial charge in [-0.25, -0.2) is 0 Å². The summed E-state index contributed by atoms with van der Waals surface area (Å²) < 4.78 is 5.38. The highest BCUT2D eigenvalue weighted by Crippen LogP contribution is 2.13. The summed E-state index contributed by atoms with van der Waals surface area (Å²) in [6.07, 6.45) is 2.05. The lowest BCUT2D eigenvalue weighted by molar-refractivity contribution is -0.116. The van der Waals surface area contributed by atoms with E-state index in [0.717, 1.165) is 50.5 Å². The predicted octanol–water partition coefficient (Wildman–Crippen LogP) is 2.63. The Morgan fingerprint density at radius 3 is 2.55 bits per heavy atom. The van der Waals surface area contributed by atoms with E-state index >= 15 is 0 Å². The number of amides is 1. The average Bonchev–Trinajstić information content (AvgIpc) is 3.29. The summed E-state index contributed by atoms with van der Waals surface area (Å²) in [5, 5.41) is 15.5. The minimum atomic E-state index is -0.00975. The molecule has 1 aliphatic rings. The number of nitrogens with zero attached hydrogens (tertiary/aromatic N) is 5. The lowest BCUT2D eigenvalue weighted by atomic mass is 10.1. The van der Waals surface area contributed by atoms with E-state index in [-0.39, 0.29) is 5.91 Å². The van der Waals surface area contributed by atoms with Crippen molar-refractivity contribution in [3.8, 4) is 11.4 Å². The molecule has 3 aromatic rings. The Bertz CT molecular complexity index is 952. The van der Waals surface area contributed by atoms with Crippen LogP contribution in [0.25, 0.3) is 11.4 Å². The van der Waals surface area contributed by atoms with Gasteiger partial charge in [-0.2, -0.15) is 4.80 Å². The van der Waals surface area contributed by atoms with Gasteiger partial charge < -0.3 is 10.1 Å². The van der Waals surface area contributed by atoms with E-state index in [0.29, 0.717) is 25.2 Å². The summed E-state index contributed by atoms with van der Waals surface area (Å²) in [5.74, 6) is 0.586. The number of nitrogens with one attached hydrogen (secondary N) is 1. The number of hydrogen-bond acceptors (Lipinski definition) is 6. The molecule has 0 aliphatic carbocycles. The Morgan fingerprint density at radius 1 is 1.00 bits per heavy atom. The molecule has 0 bridgehead atoms. The summed E-state index contributed by atoms with van der Waals surface area (Å²) in [6, 6.07) is 17.8. The first-order valence-corrected chi connectivity index (χ1v) is 10.8. The van der Waals surface area contributed by atoms with E-state index in [2.05, 4.69) is 37.8 Å². The summed E-state index contributed by atoms with van der Waals surface area (Å²) in [7, 11) is 0. The fraction of sp³-hybridized carbons (Fsp3) is 0.391. The molecule has 0 atom stereocenters. The van der Waals surface area contributed by atoms with Gasteiger partial charge in [0.1, 0.15) is 0 Å². The molecule has 2 heterocycles. The maximum Gasteiger partial charge on any atom is 0.224 e. The van der Waals surface area contributed by atoms with Crippen LogP contribution in [0.3, 0.4) is 0 Å². The third-order valence-corrected chi connectivity index (χ3v) is 5.30. The Hall–Kier alpha value is -3.10. The number of carbonyl (C=O) groups excluding carboxylic acids is 1. The molecule has 1 saturated heterocycles. The molecular weight excluding hydrogens is 392 g/mol. The number of benzene rings is 2. The Morgan fingerprint density at radius 2 is 1.77 bits per heavy atom. The van der Waals surface area contributed by atoms with Crippen LogP contribution in [-0.2, 0) is 22.5 Å². The van der Waals surface area contributed by atoms with Crippen LogP contribution in [0, 0.1) is 0 Å². The second-order valence-corrected chi connectivity index (χ2v) is 7.63. The van der Waals surface area contributed by atoms with Crippen LogP contribution in [0.5, 0.6) is 0 Å². The van der Waals surface area contributed by atoms with E-state index in [1.807, 2.05) is 42.5 Å². The van der Waals surface area contributed by atoms with Crippen LogP contribution < -0.4 is 5.32 Å². The molecule has 1 aromatic heterocycles. The van der Waals surface area contributed by atoms with Crippen LogP contribution >= 0.6 is 0 Å². The first-order valence-electron chi connectivity index (χ1n) is 10.8. The standard InChI is InChI=1S/C23H28N6O2/c30-22(7-4-13-29-26-23(25-27-29)20-5-2-1-3-6-20)24-21-10-8-19(9-11-21)12-14-28-15-17-31-18-16-28/h1-3,5-6,8-11H,4,7,12-18H2,(H,24,30). The smallest absolute Gasteiger partial charge is 0.224 e. The molecule has 0 unspecified atom stereocenters. The summed E-state index contributed by atoms with van der Waals surface area (Å²) >= 11 is 0. The zero-order valence-electron chi connectivity index (χ0n) is 17.6. The van der Waals surface area contributed by atoms with Gasteiger partial charge in [0, 0.05) is 37.3 Å². The predicted molar refractivity (Wildman–Crippen MR) is 119 cm³/mol. The molecule has 1 amide bonds. The lowest BCUT2D eigenvalue weighted by Crippen LogP contribution is -2.37. The molecule has 4 rings (SSSR count). The molecule has 8 heteroatoms. The van der Waals surface area contributed by atoms with Crippen molar-refractivity contribution in [3.05, 3.63) is 60.2 Å². The molecule has 0 saturated carbocycles. The van der Waals surface area contributed by atoms with Gasteiger partial charge in [0.2, 0.25) is 11.7 Å². The third-order valence-electron chi connectivity index (χ3n) is 5.30. The number of tetrazole rings is 1. The molecule has 2 aromatic carbocycles. The average molecular weight is 421 g/mol. The Balaban J connectivity index is 1.17. The van der Waals surface area contributed by atoms with Gasteiger partial charge in [-0.05, 0) is 35.8 Å². The molecular formula is C23H28N6O2. The zero-order valence-corrected chi connectivity index (χ0v) is 17.6. The molecule has 31 heavy (non-hydrogen) atoms. The molecule has 0 spiro atoms. The fourth-order valence-electron chi connectivity index (χ4n) is 3.51. The second-order valence-electron chi connectivity index (χ2n) is 7.63. The number of morpholine rings is 1. The van der Waals surface area contributed by atoms with E-state index in [1.165, 1.54) is 5.56 Å². The minimum absolute atomic E-state index is 0.00975. The summed E-state index contributed by atoms with van der Waals surface area (Å²) in [4.78, 5) is 16.2. The van der Waals surface area contributed by atoms with Crippen molar-refractivity contribution in [1.29, 1.82) is 0 Å². The van der Waals surface area contributed by atoms with Gasteiger partial charge >= 0.3 is 0 Å². The van der Waals surface area contributed by atoms with E-state index in [1.54, 1.807) is 4.80 Å². The topological polar surface area (TPSA) is 85.2 Å². The van der Waals surface area contributed by atoms with Crippen molar-refractivity contribution in [1.82, 2.24) is 25.1 Å². The number of hydrogen-bond donors (Lipinski definition) is 1. The quantitative estimate of drug-likeness (QED) is 0.573. The number of aromatic nitrogens is 4. The molecule has 0 radical (unpaired) electrons. The van der Waals surface area contributed by atoms with Crippen molar-refractivity contribution in [2.75, 3.05) is 38.2 Å². The molecule has 1 fully saturated rings. The summed E-state index contributed by atoms with van der Waals surface area (Å²) in [5.41, 5.74) is 3.03. The Kier molecular flexibility index (Phi) is 7.36. The van der Waals surface area contributed by atoms with Crippen LogP contribution in [0.4, 0.5) is 5.69 Å². The second kappa shape index (κ2) is 10.8. The Labute approximate surface area is 182 Å². The summed E-state index contributed by atoms with van der Waals surface area (Å²) in [6.45, 7) is 5.25. The molecule has 1 N–H and O–H groups in total. The number of ether oxygens (including phenoxy) is 1. The molecule has 162 valence electrons. The largest absolute Gasteiger partial charge is 0.379 e. The number of carbonyl (C=O) groups is 1. The fourth-order valence-corrected chi connectivity index (χ4v) is 3.51. The van der Waals surface area contributed by atoms with Gasteiger partial charge in [-0.1, -0.05) is 42.5 Å². The van der Waals surface area contributed by atoms with Crippen molar-refractivity contribution in [2.24, 2.45) is 0 Å². The number of rotatable bonds is 9. The highest BCUT2D eigenvalue weighted by Gasteiger charge is 2.10. The van der Waals surface area contributed by atoms with Crippen LogP contribution in [0.1, 0.15) is 18.4 Å². The van der Waals surface area contributed by atoms with Gasteiger partial charge in [0.15, 0.2) is 0 Å². The van der Waals surface area contributed by atoms with Crippen molar-refractivity contribution in [2.45, 2.75) is 25.8 Å². The van der Waals surface area contributed by atoms with Crippen molar-refractivity contribution in [3.63, 3.8) is 0 Å². The van der Waals surface area contributed by atoms with Gasteiger partial charge in [0.25, 0.3) is 0 Å². The van der Waals surface area contributed by atoms with E-state index in [9.17, 15) is 4.79 Å². The monoisotopic (exact) mass is 420 g/mol. The highest BCUT2D eigenvalue weighted by molar-refractivity contribution is 5.90. The van der Waals surface area contributed by atoms with Crippen molar-refractivity contribution >= 4 is 11.6 Å². The highest BCUT2D eigenvalue weighted by atomic mass is 16.5. The van der Waals surface area contributed by atoms with Crippen molar-refractivity contribution < 1.29 is 9.53 Å². The maximum atomic E-state index is 12.3. The van der Waals surface area contributed by atoms with Gasteiger partial charge in [-0.3, -0.25) is 9.69 Å². The third kappa shape index (κ3) is 6.44. The van der Waals surface area contributed by atoms with E-state index in [4.69, 9.17) is 4.74 Å². The molecule has 8 nitrogen and oxygen atoms in total. The normalized spacial score (nSPS) is 14.5. The zero-order chi connectivity index (χ0) is 21.3. The van der Waals surface area contributed by atoms with Gasteiger partial charge in [0.05, 0.1) is 19.8 Å². The first-order chi connectivity index (χ1) is 15.3.